The summed E-state index contributed by atoms with van der Waals surface area (Å²) in [6.07, 6.45) is 0.977. The molecule has 1 fully saturated rings. The Bertz CT molecular complexity index is 865. The molecule has 2 N–H and O–H groups in total. The number of methoxy groups -OCH3 is 1. The molecule has 0 spiro atoms. The molecular weight excluding hydrogens is 312 g/mol. The van der Waals surface area contributed by atoms with E-state index in [1.165, 1.54) is 22.8 Å². The SMILES string of the molecule is COC(=O)c1c(N)c(C#N)cn1-c1ccccc1N1CCOC1=O. The molecule has 8 nitrogen and oxygen atoms in total. The highest BCUT2D eigenvalue weighted by atomic mass is 16.6. The summed E-state index contributed by atoms with van der Waals surface area (Å²) < 4.78 is 11.2. The Balaban J connectivity index is 2.22. The smallest absolute Gasteiger partial charge is 0.414 e. The van der Waals surface area contributed by atoms with Crippen molar-refractivity contribution in [3.05, 3.63) is 41.7 Å². The van der Waals surface area contributed by atoms with Crippen LogP contribution in [0.1, 0.15) is 16.1 Å². The lowest BCUT2D eigenvalue weighted by atomic mass is 10.2. The summed E-state index contributed by atoms with van der Waals surface area (Å²) in [4.78, 5) is 25.5. The number of nitrogen functional groups attached to an aromatic ring is 1. The number of nitrogens with zero attached hydrogens (tertiary/aromatic N) is 3. The Labute approximate surface area is 137 Å². The molecule has 0 saturated carbocycles. The second-order valence-electron chi connectivity index (χ2n) is 5.03. The van der Waals surface area contributed by atoms with E-state index in [9.17, 15) is 14.9 Å². The molecule has 1 aliphatic rings. The number of amides is 1. The number of rotatable bonds is 3. The van der Waals surface area contributed by atoms with Gasteiger partial charge in [0, 0.05) is 6.20 Å². The largest absolute Gasteiger partial charge is 0.464 e. The summed E-state index contributed by atoms with van der Waals surface area (Å²) in [6, 6.07) is 8.91. The predicted octanol–water partition coefficient (Wildman–Crippen LogP) is 1.67. The van der Waals surface area contributed by atoms with Crippen molar-refractivity contribution >= 4 is 23.4 Å². The van der Waals surface area contributed by atoms with Crippen LogP contribution in [0, 0.1) is 11.3 Å². The predicted molar refractivity (Wildman–Crippen MR) is 84.9 cm³/mol. The number of aromatic nitrogens is 1. The van der Waals surface area contributed by atoms with Crippen molar-refractivity contribution in [3.8, 4) is 11.8 Å². The fraction of sp³-hybridized carbons (Fsp3) is 0.188. The third-order valence-electron chi connectivity index (χ3n) is 3.74. The van der Waals surface area contributed by atoms with Crippen molar-refractivity contribution in [2.75, 3.05) is 30.9 Å². The van der Waals surface area contributed by atoms with E-state index < -0.39 is 12.1 Å². The lowest BCUT2D eigenvalue weighted by molar-refractivity contribution is 0.0593. The molecule has 2 aromatic rings. The summed E-state index contributed by atoms with van der Waals surface area (Å²) in [7, 11) is 1.23. The first-order valence-electron chi connectivity index (χ1n) is 7.11. The quantitative estimate of drug-likeness (QED) is 0.859. The van der Waals surface area contributed by atoms with E-state index in [0.29, 0.717) is 17.9 Å². The lowest BCUT2D eigenvalue weighted by Gasteiger charge is -2.19. The molecule has 0 aliphatic carbocycles. The zero-order chi connectivity index (χ0) is 17.3. The van der Waals surface area contributed by atoms with Gasteiger partial charge in [0.25, 0.3) is 0 Å². The molecule has 2 heterocycles. The first kappa shape index (κ1) is 15.4. The summed E-state index contributed by atoms with van der Waals surface area (Å²) in [6.45, 7) is 0.680. The molecule has 1 aliphatic heterocycles. The van der Waals surface area contributed by atoms with Gasteiger partial charge in [0.15, 0.2) is 5.69 Å². The van der Waals surface area contributed by atoms with Crippen LogP contribution in [-0.4, -0.2) is 36.9 Å². The fourth-order valence-corrected chi connectivity index (χ4v) is 2.61. The van der Waals surface area contributed by atoms with Crippen LogP contribution in [0.25, 0.3) is 5.69 Å². The topological polar surface area (TPSA) is 111 Å². The molecule has 1 amide bonds. The van der Waals surface area contributed by atoms with Crippen LogP contribution in [0.4, 0.5) is 16.2 Å². The molecule has 0 bridgehead atoms. The third-order valence-corrected chi connectivity index (χ3v) is 3.74. The maximum atomic E-state index is 12.1. The normalized spacial score (nSPS) is 13.5. The fourth-order valence-electron chi connectivity index (χ4n) is 2.61. The number of benzene rings is 1. The van der Waals surface area contributed by atoms with Gasteiger partial charge in [-0.1, -0.05) is 12.1 Å². The minimum atomic E-state index is -0.673. The van der Waals surface area contributed by atoms with E-state index in [0.717, 1.165) is 0 Å². The van der Waals surface area contributed by atoms with Gasteiger partial charge in [-0.2, -0.15) is 5.26 Å². The molecule has 0 unspecified atom stereocenters. The monoisotopic (exact) mass is 326 g/mol. The van der Waals surface area contributed by atoms with E-state index in [2.05, 4.69) is 0 Å². The molecule has 1 aromatic heterocycles. The minimum Gasteiger partial charge on any atom is -0.464 e. The van der Waals surface area contributed by atoms with Gasteiger partial charge >= 0.3 is 12.1 Å². The summed E-state index contributed by atoms with van der Waals surface area (Å²) in [5.74, 6) is -0.673. The number of anilines is 2. The molecule has 1 aromatic carbocycles. The molecule has 0 radical (unpaired) electrons. The number of hydrogen-bond acceptors (Lipinski definition) is 6. The van der Waals surface area contributed by atoms with Gasteiger partial charge in [-0.3, -0.25) is 4.90 Å². The van der Waals surface area contributed by atoms with Gasteiger partial charge < -0.3 is 19.8 Å². The van der Waals surface area contributed by atoms with Crippen molar-refractivity contribution in [2.45, 2.75) is 0 Å². The maximum absolute atomic E-state index is 12.1. The molecular formula is C16H14N4O4. The van der Waals surface area contributed by atoms with Crippen LogP contribution in [0.2, 0.25) is 0 Å². The molecule has 122 valence electrons. The van der Waals surface area contributed by atoms with E-state index in [4.69, 9.17) is 15.2 Å². The van der Waals surface area contributed by atoms with Gasteiger partial charge in [-0.05, 0) is 12.1 Å². The standard InChI is InChI=1S/C16H14N4O4/c1-23-15(21)14-13(18)10(8-17)9-20(14)12-5-3-2-4-11(12)19-6-7-24-16(19)22/h2-5,9H,6-7,18H2,1H3. The number of nitriles is 1. The van der Waals surface area contributed by atoms with E-state index in [-0.39, 0.29) is 23.6 Å². The van der Waals surface area contributed by atoms with Crippen molar-refractivity contribution in [2.24, 2.45) is 0 Å². The summed E-state index contributed by atoms with van der Waals surface area (Å²) >= 11 is 0. The molecule has 24 heavy (non-hydrogen) atoms. The number of carbonyl (C=O) groups excluding carboxylic acids is 2. The average Bonchev–Trinajstić information content (AvgIpc) is 3.17. The van der Waals surface area contributed by atoms with Crippen LogP contribution in [0.5, 0.6) is 0 Å². The Kier molecular flexibility index (Phi) is 3.83. The Morgan fingerprint density at radius 2 is 2.08 bits per heavy atom. The van der Waals surface area contributed by atoms with Crippen LogP contribution in [-0.2, 0) is 9.47 Å². The Morgan fingerprint density at radius 3 is 2.67 bits per heavy atom. The van der Waals surface area contributed by atoms with E-state index in [1.807, 2.05) is 6.07 Å². The highest BCUT2D eigenvalue weighted by Crippen LogP contribution is 2.31. The van der Waals surface area contributed by atoms with E-state index >= 15 is 0 Å². The number of para-hydroxylation sites is 2. The van der Waals surface area contributed by atoms with E-state index in [1.54, 1.807) is 24.3 Å². The van der Waals surface area contributed by atoms with Crippen molar-refractivity contribution < 1.29 is 19.1 Å². The number of cyclic esters (lactones) is 1. The summed E-state index contributed by atoms with van der Waals surface area (Å²) in [5, 5.41) is 9.20. The average molecular weight is 326 g/mol. The second-order valence-corrected chi connectivity index (χ2v) is 5.03. The number of carbonyl (C=O) groups is 2. The molecule has 0 atom stereocenters. The van der Waals surface area contributed by atoms with Crippen LogP contribution in [0.15, 0.2) is 30.5 Å². The van der Waals surface area contributed by atoms with Gasteiger partial charge in [-0.25, -0.2) is 9.59 Å². The minimum absolute atomic E-state index is 0.0307. The Hall–Kier alpha value is -3.47. The number of ether oxygens (including phenoxy) is 2. The molecule has 3 rings (SSSR count). The maximum Gasteiger partial charge on any atom is 0.414 e. The van der Waals surface area contributed by atoms with Crippen LogP contribution >= 0.6 is 0 Å². The van der Waals surface area contributed by atoms with Crippen molar-refractivity contribution in [1.82, 2.24) is 4.57 Å². The van der Waals surface area contributed by atoms with Gasteiger partial charge in [0.05, 0.1) is 36.3 Å². The zero-order valence-electron chi connectivity index (χ0n) is 12.9. The zero-order valence-corrected chi connectivity index (χ0v) is 12.9. The lowest BCUT2D eigenvalue weighted by Crippen LogP contribution is -2.25. The van der Waals surface area contributed by atoms with Crippen molar-refractivity contribution in [1.29, 1.82) is 5.26 Å². The van der Waals surface area contributed by atoms with Gasteiger partial charge in [0.2, 0.25) is 0 Å². The van der Waals surface area contributed by atoms with Crippen LogP contribution in [0.3, 0.4) is 0 Å². The highest BCUT2D eigenvalue weighted by molar-refractivity contribution is 5.97. The van der Waals surface area contributed by atoms with Crippen LogP contribution < -0.4 is 10.6 Å². The third kappa shape index (κ3) is 2.32. The van der Waals surface area contributed by atoms with Gasteiger partial charge in [0.1, 0.15) is 12.7 Å². The highest BCUT2D eigenvalue weighted by Gasteiger charge is 2.28. The number of hydrogen-bond donors (Lipinski definition) is 1. The molecule has 8 heteroatoms. The van der Waals surface area contributed by atoms with Crippen molar-refractivity contribution in [3.63, 3.8) is 0 Å². The number of nitrogens with two attached hydrogens (primary N) is 1. The Morgan fingerprint density at radius 1 is 1.38 bits per heavy atom. The first-order chi connectivity index (χ1) is 11.6. The summed E-state index contributed by atoms with van der Waals surface area (Å²) in [5.41, 5.74) is 7.19. The number of esters is 1. The molecule has 1 saturated heterocycles. The first-order valence-corrected chi connectivity index (χ1v) is 7.11. The van der Waals surface area contributed by atoms with Gasteiger partial charge in [-0.15, -0.1) is 0 Å². The second kappa shape index (κ2) is 5.96.